The summed E-state index contributed by atoms with van der Waals surface area (Å²) in [7, 11) is 0. The van der Waals surface area contributed by atoms with E-state index in [2.05, 4.69) is 0 Å². The third kappa shape index (κ3) is 5.38. The van der Waals surface area contributed by atoms with Crippen LogP contribution in [0.15, 0.2) is 18.2 Å². The molecule has 1 aromatic rings. The molecule has 3 N–H and O–H groups in total. The second-order valence-electron chi connectivity index (χ2n) is 4.34. The predicted octanol–water partition coefficient (Wildman–Crippen LogP) is 1.32. The summed E-state index contributed by atoms with van der Waals surface area (Å²) in [4.78, 5) is 20.5. The molecule has 20 heavy (non-hydrogen) atoms. The zero-order valence-electron chi connectivity index (χ0n) is 11.3. The molecule has 0 aliphatic rings. The van der Waals surface area contributed by atoms with Crippen molar-refractivity contribution in [1.29, 1.82) is 0 Å². The van der Waals surface area contributed by atoms with Crippen molar-refractivity contribution in [2.45, 2.75) is 13.3 Å². The lowest BCUT2D eigenvalue weighted by atomic mass is 9.88. The Kier molecular flexibility index (Phi) is 9.00. The molecule has 0 saturated heterocycles. The van der Waals surface area contributed by atoms with Crippen LogP contribution in [0.25, 0.3) is 0 Å². The lowest BCUT2D eigenvalue weighted by Gasteiger charge is -2.24. The predicted molar refractivity (Wildman–Crippen MR) is 76.2 cm³/mol. The summed E-state index contributed by atoms with van der Waals surface area (Å²) in [5, 5.41) is 26.3. The van der Waals surface area contributed by atoms with Crippen LogP contribution in [0.4, 0.5) is 0 Å². The minimum absolute atomic E-state index is 0.156. The summed E-state index contributed by atoms with van der Waals surface area (Å²) < 4.78 is 0. The van der Waals surface area contributed by atoms with E-state index < -0.39 is 5.41 Å². The highest BCUT2D eigenvalue weighted by molar-refractivity contribution is 6.33. The summed E-state index contributed by atoms with van der Waals surface area (Å²) in [5.41, 5.74) is 0.206. The first-order valence-electron chi connectivity index (χ1n) is 6.05. The fourth-order valence-electron chi connectivity index (χ4n) is 1.20. The highest BCUT2D eigenvalue weighted by Gasteiger charge is 2.24. The maximum absolute atomic E-state index is 10.3. The van der Waals surface area contributed by atoms with Crippen molar-refractivity contribution in [3.63, 3.8) is 0 Å². The first-order valence-corrected chi connectivity index (χ1v) is 6.42. The van der Waals surface area contributed by atoms with Gasteiger partial charge >= 0.3 is 0 Å². The fourth-order valence-corrected chi connectivity index (χ4v) is 1.43. The second-order valence-corrected chi connectivity index (χ2v) is 4.75. The minimum atomic E-state index is -0.667. The standard InChI is InChI=1S/C8H5ClO2.C6H14O3/c9-8-3-6(4-10)1-2-7(8)5-11;1-2-6(3-7,4-8)5-9/h1-5H;7-9H,2-5H2,1H3. The van der Waals surface area contributed by atoms with Crippen molar-refractivity contribution < 1.29 is 24.9 Å². The number of aldehydes is 2. The van der Waals surface area contributed by atoms with Crippen LogP contribution in [0.2, 0.25) is 5.02 Å². The van der Waals surface area contributed by atoms with Crippen LogP contribution in [0.1, 0.15) is 34.1 Å². The zero-order chi connectivity index (χ0) is 15.6. The first kappa shape index (κ1) is 18.7. The number of rotatable bonds is 6. The smallest absolute Gasteiger partial charge is 0.151 e. The molecule has 1 rings (SSSR count). The molecule has 0 unspecified atom stereocenters. The molecule has 0 saturated carbocycles. The molecule has 0 aliphatic heterocycles. The van der Waals surface area contributed by atoms with Crippen molar-refractivity contribution in [1.82, 2.24) is 0 Å². The van der Waals surface area contributed by atoms with Gasteiger partial charge in [0.05, 0.1) is 24.8 Å². The van der Waals surface area contributed by atoms with Gasteiger partial charge in [-0.25, -0.2) is 0 Å². The van der Waals surface area contributed by atoms with Gasteiger partial charge in [0.2, 0.25) is 0 Å². The van der Waals surface area contributed by atoms with E-state index in [9.17, 15) is 9.59 Å². The van der Waals surface area contributed by atoms with E-state index in [1.807, 2.05) is 6.92 Å². The summed E-state index contributed by atoms with van der Waals surface area (Å²) >= 11 is 5.62. The van der Waals surface area contributed by atoms with Crippen LogP contribution in [0, 0.1) is 5.41 Å². The first-order chi connectivity index (χ1) is 9.52. The third-order valence-electron chi connectivity index (χ3n) is 3.04. The fraction of sp³-hybridized carbons (Fsp3) is 0.429. The highest BCUT2D eigenvalue weighted by atomic mass is 35.5. The molecule has 0 radical (unpaired) electrons. The topological polar surface area (TPSA) is 94.8 Å². The average Bonchev–Trinajstić information content (AvgIpc) is 2.50. The minimum Gasteiger partial charge on any atom is -0.396 e. The van der Waals surface area contributed by atoms with Crippen molar-refractivity contribution in [2.75, 3.05) is 19.8 Å². The van der Waals surface area contributed by atoms with E-state index >= 15 is 0 Å². The van der Waals surface area contributed by atoms with Gasteiger partial charge in [-0.2, -0.15) is 0 Å². The Hall–Kier alpha value is -1.27. The number of hydrogen-bond donors (Lipinski definition) is 3. The second kappa shape index (κ2) is 9.61. The van der Waals surface area contributed by atoms with Gasteiger partial charge in [-0.15, -0.1) is 0 Å². The van der Waals surface area contributed by atoms with Gasteiger partial charge in [0.25, 0.3) is 0 Å². The van der Waals surface area contributed by atoms with Crippen molar-refractivity contribution in [2.24, 2.45) is 5.41 Å². The summed E-state index contributed by atoms with van der Waals surface area (Å²) in [5.74, 6) is 0. The zero-order valence-corrected chi connectivity index (χ0v) is 12.0. The molecule has 112 valence electrons. The monoisotopic (exact) mass is 302 g/mol. The molecular formula is C14H19ClO5. The van der Waals surface area contributed by atoms with E-state index in [4.69, 9.17) is 26.9 Å². The summed E-state index contributed by atoms with van der Waals surface area (Å²) in [6.45, 7) is 1.35. The molecule has 0 amide bonds. The third-order valence-corrected chi connectivity index (χ3v) is 3.37. The number of aliphatic hydroxyl groups is 3. The van der Waals surface area contributed by atoms with E-state index in [1.165, 1.54) is 12.1 Å². The molecule has 0 atom stereocenters. The molecule has 6 heteroatoms. The van der Waals surface area contributed by atoms with Gasteiger partial charge < -0.3 is 15.3 Å². The van der Waals surface area contributed by atoms with E-state index in [0.29, 0.717) is 35.1 Å². The average molecular weight is 303 g/mol. The Balaban J connectivity index is 0.000000370. The lowest BCUT2D eigenvalue weighted by molar-refractivity contribution is 0.00304. The SMILES string of the molecule is CCC(CO)(CO)CO.O=Cc1ccc(C=O)c(Cl)c1. The van der Waals surface area contributed by atoms with Crippen LogP contribution in [0.5, 0.6) is 0 Å². The van der Waals surface area contributed by atoms with Crippen molar-refractivity contribution in [3.8, 4) is 0 Å². The maximum atomic E-state index is 10.3. The van der Waals surface area contributed by atoms with Gasteiger partial charge in [-0.05, 0) is 18.6 Å². The van der Waals surface area contributed by atoms with Crippen molar-refractivity contribution in [3.05, 3.63) is 34.3 Å². The molecule has 0 bridgehead atoms. The highest BCUT2D eigenvalue weighted by Crippen LogP contribution is 2.18. The summed E-state index contributed by atoms with van der Waals surface area (Å²) in [6.07, 6.45) is 1.92. The molecule has 0 aromatic heterocycles. The molecule has 0 heterocycles. The van der Waals surface area contributed by atoms with Crippen LogP contribution >= 0.6 is 11.6 Å². The van der Waals surface area contributed by atoms with Gasteiger partial charge in [-0.3, -0.25) is 9.59 Å². The number of carbonyl (C=O) groups is 2. The Morgan fingerprint density at radius 2 is 1.65 bits per heavy atom. The van der Waals surface area contributed by atoms with E-state index in [0.717, 1.165) is 0 Å². The van der Waals surface area contributed by atoms with Crippen molar-refractivity contribution >= 4 is 24.2 Å². The molecule has 5 nitrogen and oxygen atoms in total. The normalized spacial score (nSPS) is 10.4. The Morgan fingerprint density at radius 3 is 1.90 bits per heavy atom. The van der Waals surface area contributed by atoms with Gasteiger partial charge in [0, 0.05) is 16.5 Å². The maximum Gasteiger partial charge on any atom is 0.151 e. The molecule has 0 aliphatic carbocycles. The molecular weight excluding hydrogens is 284 g/mol. The number of benzene rings is 1. The molecule has 1 aromatic carbocycles. The number of halogens is 1. The number of hydrogen-bond acceptors (Lipinski definition) is 5. The number of carbonyl (C=O) groups excluding carboxylic acids is 2. The van der Waals surface area contributed by atoms with Crippen LogP contribution in [0.3, 0.4) is 0 Å². The van der Waals surface area contributed by atoms with Crippen LogP contribution in [-0.2, 0) is 0 Å². The Bertz CT molecular complexity index is 412. The van der Waals surface area contributed by atoms with Gasteiger partial charge in [0.15, 0.2) is 6.29 Å². The largest absolute Gasteiger partial charge is 0.396 e. The quantitative estimate of drug-likeness (QED) is 0.689. The number of aliphatic hydroxyl groups excluding tert-OH is 3. The van der Waals surface area contributed by atoms with Gasteiger partial charge in [-0.1, -0.05) is 24.6 Å². The Labute approximate surface area is 122 Å². The Morgan fingerprint density at radius 1 is 1.10 bits per heavy atom. The van der Waals surface area contributed by atoms with E-state index in [-0.39, 0.29) is 19.8 Å². The molecule has 0 fully saturated rings. The van der Waals surface area contributed by atoms with Gasteiger partial charge in [0.1, 0.15) is 6.29 Å². The lowest BCUT2D eigenvalue weighted by Crippen LogP contribution is -2.32. The van der Waals surface area contributed by atoms with Crippen LogP contribution in [-0.4, -0.2) is 47.7 Å². The van der Waals surface area contributed by atoms with Crippen LogP contribution < -0.4 is 0 Å². The van der Waals surface area contributed by atoms with E-state index in [1.54, 1.807) is 6.07 Å². The molecule has 0 spiro atoms. The summed E-state index contributed by atoms with van der Waals surface area (Å²) in [6, 6.07) is 4.51.